The molecule has 4 rings (SSSR count). The van der Waals surface area contributed by atoms with Crippen LogP contribution in [0.15, 0.2) is 77.7 Å². The van der Waals surface area contributed by atoms with Crippen LogP contribution in [0.3, 0.4) is 0 Å². The van der Waals surface area contributed by atoms with Gasteiger partial charge in [0.05, 0.1) is 16.5 Å². The normalized spacial score (nSPS) is 15.7. The number of fused-ring (bicyclic) bond motifs is 1. The number of sulfonamides is 1. The molecule has 0 aliphatic heterocycles. The number of halogens is 3. The summed E-state index contributed by atoms with van der Waals surface area (Å²) < 4.78 is 71.4. The van der Waals surface area contributed by atoms with Crippen molar-refractivity contribution in [2.45, 2.75) is 36.4 Å². The van der Waals surface area contributed by atoms with E-state index in [9.17, 15) is 26.4 Å². The van der Waals surface area contributed by atoms with Crippen molar-refractivity contribution in [1.82, 2.24) is 5.32 Å². The average molecular weight is 505 g/mol. The van der Waals surface area contributed by atoms with E-state index in [1.807, 2.05) is 18.2 Å². The Hall–Kier alpha value is -3.53. The van der Waals surface area contributed by atoms with E-state index in [-0.39, 0.29) is 34.9 Å². The Labute approximate surface area is 201 Å². The van der Waals surface area contributed by atoms with Gasteiger partial charge in [0.15, 0.2) is 6.61 Å². The Morgan fingerprint density at radius 2 is 1.74 bits per heavy atom. The van der Waals surface area contributed by atoms with Gasteiger partial charge in [0.25, 0.3) is 15.9 Å². The molecule has 0 bridgehead atoms. The lowest BCUT2D eigenvalue weighted by atomic mass is 9.88. The second-order valence-corrected chi connectivity index (χ2v) is 9.84. The first-order chi connectivity index (χ1) is 16.6. The van der Waals surface area contributed by atoms with Crippen molar-refractivity contribution in [1.29, 1.82) is 0 Å². The zero-order valence-electron chi connectivity index (χ0n) is 18.5. The molecule has 0 fully saturated rings. The van der Waals surface area contributed by atoms with Crippen LogP contribution in [0.1, 0.15) is 35.6 Å². The average Bonchev–Trinajstić information content (AvgIpc) is 2.83. The summed E-state index contributed by atoms with van der Waals surface area (Å²) in [6.07, 6.45) is -1.79. The highest BCUT2D eigenvalue weighted by Crippen LogP contribution is 2.31. The van der Waals surface area contributed by atoms with Crippen molar-refractivity contribution in [3.8, 4) is 5.75 Å². The third-order valence-electron chi connectivity index (χ3n) is 5.65. The molecule has 184 valence electrons. The number of benzene rings is 3. The fraction of sp³-hybridized carbons (Fsp3) is 0.240. The molecule has 35 heavy (non-hydrogen) atoms. The summed E-state index contributed by atoms with van der Waals surface area (Å²) in [5.41, 5.74) is 1.16. The Balaban J connectivity index is 1.35. The lowest BCUT2D eigenvalue weighted by Gasteiger charge is -2.26. The molecule has 6 nitrogen and oxygen atoms in total. The molecular weight excluding hydrogens is 481 g/mol. The second-order valence-electron chi connectivity index (χ2n) is 8.16. The maximum absolute atomic E-state index is 12.9. The minimum absolute atomic E-state index is 0.0782. The minimum atomic E-state index is -4.59. The molecule has 10 heteroatoms. The Kier molecular flexibility index (Phi) is 7.02. The van der Waals surface area contributed by atoms with Crippen LogP contribution in [0, 0.1) is 0 Å². The maximum atomic E-state index is 12.9. The van der Waals surface area contributed by atoms with Crippen LogP contribution < -0.4 is 14.8 Å². The van der Waals surface area contributed by atoms with Crippen LogP contribution >= 0.6 is 0 Å². The van der Waals surface area contributed by atoms with Gasteiger partial charge in [-0.15, -0.1) is 0 Å². The van der Waals surface area contributed by atoms with E-state index in [0.29, 0.717) is 0 Å². The summed E-state index contributed by atoms with van der Waals surface area (Å²) in [5.74, 6) is -0.0168. The van der Waals surface area contributed by atoms with Gasteiger partial charge in [-0.1, -0.05) is 30.3 Å². The summed E-state index contributed by atoms with van der Waals surface area (Å²) in [4.78, 5) is 12.2. The summed E-state index contributed by atoms with van der Waals surface area (Å²) in [7, 11) is -4.12. The molecule has 0 spiro atoms. The van der Waals surface area contributed by atoms with Crippen LogP contribution in [0.4, 0.5) is 18.9 Å². The van der Waals surface area contributed by atoms with E-state index in [1.54, 1.807) is 0 Å². The van der Waals surface area contributed by atoms with Crippen LogP contribution in [0.25, 0.3) is 0 Å². The van der Waals surface area contributed by atoms with E-state index in [0.717, 1.165) is 43.0 Å². The Morgan fingerprint density at radius 1 is 1.00 bits per heavy atom. The van der Waals surface area contributed by atoms with Gasteiger partial charge in [0, 0.05) is 5.69 Å². The van der Waals surface area contributed by atoms with Crippen LogP contribution in [-0.2, 0) is 27.4 Å². The highest BCUT2D eigenvalue weighted by Gasteiger charge is 2.30. The van der Waals surface area contributed by atoms with Crippen molar-refractivity contribution in [3.63, 3.8) is 0 Å². The SMILES string of the molecule is O=C(COc1ccc(S(=O)(=O)Nc2cccc(C(F)(F)F)c2)cc1)N[C@H]1CCCc2ccccc21. The minimum Gasteiger partial charge on any atom is -0.484 e. The second kappa shape index (κ2) is 9.99. The first-order valence-electron chi connectivity index (χ1n) is 10.9. The van der Waals surface area contributed by atoms with Crippen molar-refractivity contribution < 1.29 is 31.1 Å². The highest BCUT2D eigenvalue weighted by molar-refractivity contribution is 7.92. The number of alkyl halides is 3. The largest absolute Gasteiger partial charge is 0.484 e. The molecule has 1 atom stereocenters. The molecule has 0 heterocycles. The molecule has 0 aromatic heterocycles. The van der Waals surface area contributed by atoms with E-state index in [1.165, 1.54) is 35.9 Å². The maximum Gasteiger partial charge on any atom is 0.416 e. The lowest BCUT2D eigenvalue weighted by molar-refractivity contribution is -0.137. The van der Waals surface area contributed by atoms with Gasteiger partial charge in [-0.3, -0.25) is 9.52 Å². The zero-order valence-corrected chi connectivity index (χ0v) is 19.3. The summed E-state index contributed by atoms with van der Waals surface area (Å²) in [6.45, 7) is -0.243. The molecule has 3 aromatic carbocycles. The number of nitrogens with one attached hydrogen (secondary N) is 2. The monoisotopic (exact) mass is 504 g/mol. The van der Waals surface area contributed by atoms with Crippen LogP contribution in [0.2, 0.25) is 0 Å². The van der Waals surface area contributed by atoms with Gasteiger partial charge < -0.3 is 10.1 Å². The van der Waals surface area contributed by atoms with E-state index in [4.69, 9.17) is 4.74 Å². The lowest BCUT2D eigenvalue weighted by Crippen LogP contribution is -2.34. The number of anilines is 1. The third-order valence-corrected chi connectivity index (χ3v) is 7.05. The number of hydrogen-bond donors (Lipinski definition) is 2. The molecule has 1 aliphatic carbocycles. The van der Waals surface area contributed by atoms with Gasteiger partial charge in [-0.05, 0) is 72.9 Å². The Bertz CT molecular complexity index is 1310. The number of aryl methyl sites for hydroxylation is 1. The van der Waals surface area contributed by atoms with Crippen molar-refractivity contribution in [2.24, 2.45) is 0 Å². The molecule has 3 aromatic rings. The summed E-state index contributed by atoms with van der Waals surface area (Å²) >= 11 is 0. The molecule has 0 radical (unpaired) electrons. The van der Waals surface area contributed by atoms with E-state index >= 15 is 0 Å². The number of ether oxygens (including phenoxy) is 1. The first kappa shape index (κ1) is 24.6. The van der Waals surface area contributed by atoms with Crippen LogP contribution in [0.5, 0.6) is 5.75 Å². The fourth-order valence-electron chi connectivity index (χ4n) is 3.98. The summed E-state index contributed by atoms with van der Waals surface area (Å²) in [6, 6.07) is 17.1. The smallest absolute Gasteiger partial charge is 0.416 e. The molecule has 0 saturated carbocycles. The zero-order chi connectivity index (χ0) is 25.1. The summed E-state index contributed by atoms with van der Waals surface area (Å²) in [5, 5.41) is 2.97. The molecular formula is C25H23F3N2O4S. The standard InChI is InChI=1S/C25H23F3N2O4S/c26-25(27,28)18-7-4-8-19(15-18)30-35(32,33)21-13-11-20(12-14-21)34-16-24(31)29-23-10-3-6-17-5-1-2-9-22(17)23/h1-2,4-5,7-9,11-15,23,30H,3,6,10,16H2,(H,29,31)/t23-/m0/s1. The quantitative estimate of drug-likeness (QED) is 0.470. The third kappa shape index (κ3) is 6.13. The number of carbonyl (C=O) groups excluding carboxylic acids is 1. The van der Waals surface area contributed by atoms with Crippen molar-refractivity contribution >= 4 is 21.6 Å². The van der Waals surface area contributed by atoms with Crippen molar-refractivity contribution in [3.05, 3.63) is 89.5 Å². The van der Waals surface area contributed by atoms with Crippen molar-refractivity contribution in [2.75, 3.05) is 11.3 Å². The molecule has 1 aliphatic rings. The highest BCUT2D eigenvalue weighted by atomic mass is 32.2. The number of rotatable bonds is 7. The van der Waals surface area contributed by atoms with E-state index < -0.39 is 21.8 Å². The van der Waals surface area contributed by atoms with Crippen LogP contribution in [-0.4, -0.2) is 20.9 Å². The van der Waals surface area contributed by atoms with Gasteiger partial charge in [-0.25, -0.2) is 8.42 Å². The van der Waals surface area contributed by atoms with E-state index in [2.05, 4.69) is 16.1 Å². The first-order valence-corrected chi connectivity index (χ1v) is 12.4. The predicted octanol–water partition coefficient (Wildman–Crippen LogP) is 5.08. The molecule has 2 N–H and O–H groups in total. The topological polar surface area (TPSA) is 84.5 Å². The Morgan fingerprint density at radius 3 is 2.49 bits per heavy atom. The molecule has 1 amide bonds. The number of amides is 1. The van der Waals surface area contributed by atoms with Gasteiger partial charge >= 0.3 is 6.18 Å². The van der Waals surface area contributed by atoms with Gasteiger partial charge in [-0.2, -0.15) is 13.2 Å². The predicted molar refractivity (Wildman–Crippen MR) is 124 cm³/mol. The molecule has 0 saturated heterocycles. The number of hydrogen-bond acceptors (Lipinski definition) is 4. The molecule has 0 unspecified atom stereocenters. The fourth-order valence-corrected chi connectivity index (χ4v) is 5.03. The van der Waals surface area contributed by atoms with Gasteiger partial charge in [0.2, 0.25) is 0 Å². The van der Waals surface area contributed by atoms with Gasteiger partial charge in [0.1, 0.15) is 5.75 Å². The number of carbonyl (C=O) groups is 1.